The molecule has 1 aromatic rings. The van der Waals surface area contributed by atoms with Gasteiger partial charge in [-0.25, -0.2) is 4.79 Å². The number of aliphatic carboxylic acids is 1. The number of nitrogens with zero attached hydrogens (tertiary/aromatic N) is 3. The van der Waals surface area contributed by atoms with E-state index < -0.39 is 18.1 Å². The Morgan fingerprint density at radius 1 is 1.50 bits per heavy atom. The Labute approximate surface area is 117 Å². The topological polar surface area (TPSA) is 84.7 Å². The molecule has 1 aromatic heterocycles. The van der Waals surface area contributed by atoms with E-state index in [1.165, 1.54) is 12.0 Å². The molecule has 1 aliphatic rings. The van der Waals surface area contributed by atoms with Gasteiger partial charge in [0.05, 0.1) is 6.20 Å². The van der Waals surface area contributed by atoms with Gasteiger partial charge in [-0.3, -0.25) is 9.48 Å². The summed E-state index contributed by atoms with van der Waals surface area (Å²) in [5.74, 6) is -1.27. The maximum absolute atomic E-state index is 12.6. The molecule has 0 saturated carbocycles. The van der Waals surface area contributed by atoms with Gasteiger partial charge in [0.1, 0.15) is 6.04 Å². The van der Waals surface area contributed by atoms with Gasteiger partial charge in [0.15, 0.2) is 6.10 Å². The number of carboxylic acid groups (broad SMARTS) is 1. The molecule has 1 aliphatic heterocycles. The van der Waals surface area contributed by atoms with E-state index in [0.29, 0.717) is 18.5 Å². The van der Waals surface area contributed by atoms with E-state index in [1.807, 2.05) is 0 Å². The van der Waals surface area contributed by atoms with E-state index in [2.05, 4.69) is 5.10 Å². The monoisotopic (exact) mass is 281 g/mol. The molecule has 1 saturated heterocycles. The summed E-state index contributed by atoms with van der Waals surface area (Å²) in [6, 6.07) is -0.759. The highest BCUT2D eigenvalue weighted by Crippen LogP contribution is 2.24. The molecule has 7 nitrogen and oxygen atoms in total. The van der Waals surface area contributed by atoms with Gasteiger partial charge in [-0.05, 0) is 19.3 Å². The standard InChI is InChI=1S/C13H19N3O4/c1-15-8-9(7-14-15)11(20-2)12(17)16-6-4-3-5-10(16)13(18)19/h7-8,10-11H,3-6H2,1-2H3,(H,18,19). The maximum Gasteiger partial charge on any atom is 0.326 e. The lowest BCUT2D eigenvalue weighted by molar-refractivity contribution is -0.157. The van der Waals surface area contributed by atoms with Crippen molar-refractivity contribution in [1.82, 2.24) is 14.7 Å². The number of aromatic nitrogens is 2. The van der Waals surface area contributed by atoms with Crippen LogP contribution < -0.4 is 0 Å². The highest BCUT2D eigenvalue weighted by atomic mass is 16.5. The zero-order valence-electron chi connectivity index (χ0n) is 11.7. The number of methoxy groups -OCH3 is 1. The molecular formula is C13H19N3O4. The Hall–Kier alpha value is -1.89. The first-order valence-corrected chi connectivity index (χ1v) is 6.59. The van der Waals surface area contributed by atoms with E-state index in [1.54, 1.807) is 24.1 Å². The number of hydrogen-bond donors (Lipinski definition) is 1. The van der Waals surface area contributed by atoms with Crippen molar-refractivity contribution in [1.29, 1.82) is 0 Å². The number of carbonyl (C=O) groups excluding carboxylic acids is 1. The van der Waals surface area contributed by atoms with Crippen molar-refractivity contribution in [3.63, 3.8) is 0 Å². The van der Waals surface area contributed by atoms with Crippen LogP contribution in [0, 0.1) is 0 Å². The Bertz CT molecular complexity index is 500. The predicted molar refractivity (Wildman–Crippen MR) is 69.9 cm³/mol. The van der Waals surface area contributed by atoms with Gasteiger partial charge in [0.2, 0.25) is 0 Å². The Balaban J connectivity index is 2.20. The van der Waals surface area contributed by atoms with E-state index in [-0.39, 0.29) is 5.91 Å². The van der Waals surface area contributed by atoms with Crippen molar-refractivity contribution in [2.45, 2.75) is 31.4 Å². The van der Waals surface area contributed by atoms with Crippen molar-refractivity contribution in [3.8, 4) is 0 Å². The van der Waals surface area contributed by atoms with Crippen molar-refractivity contribution < 1.29 is 19.4 Å². The second kappa shape index (κ2) is 6.04. The molecule has 2 atom stereocenters. The maximum atomic E-state index is 12.6. The molecule has 1 fully saturated rings. The third kappa shape index (κ3) is 2.82. The summed E-state index contributed by atoms with van der Waals surface area (Å²) in [5, 5.41) is 13.3. The van der Waals surface area contributed by atoms with E-state index >= 15 is 0 Å². The smallest absolute Gasteiger partial charge is 0.326 e. The number of hydrogen-bond acceptors (Lipinski definition) is 4. The fourth-order valence-corrected chi connectivity index (χ4v) is 2.56. The summed E-state index contributed by atoms with van der Waals surface area (Å²) >= 11 is 0. The summed E-state index contributed by atoms with van der Waals surface area (Å²) in [6.07, 6.45) is 4.59. The van der Waals surface area contributed by atoms with Gasteiger partial charge < -0.3 is 14.7 Å². The molecule has 0 aromatic carbocycles. The van der Waals surface area contributed by atoms with Crippen LogP contribution in [-0.2, 0) is 21.4 Å². The lowest BCUT2D eigenvalue weighted by atomic mass is 10.0. The molecule has 0 bridgehead atoms. The van der Waals surface area contributed by atoms with Gasteiger partial charge in [-0.15, -0.1) is 0 Å². The summed E-state index contributed by atoms with van der Waals surface area (Å²) in [5.41, 5.74) is 0.634. The van der Waals surface area contributed by atoms with Crippen LogP contribution in [0.1, 0.15) is 30.9 Å². The van der Waals surface area contributed by atoms with Crippen molar-refractivity contribution in [2.75, 3.05) is 13.7 Å². The Morgan fingerprint density at radius 2 is 2.25 bits per heavy atom. The fraction of sp³-hybridized carbons (Fsp3) is 0.615. The predicted octanol–water partition coefficient (Wildman–Crippen LogP) is 0.573. The van der Waals surface area contributed by atoms with Crippen LogP contribution in [0.15, 0.2) is 12.4 Å². The molecule has 2 rings (SSSR count). The molecule has 0 spiro atoms. The molecule has 110 valence electrons. The highest BCUT2D eigenvalue weighted by molar-refractivity contribution is 5.87. The molecule has 1 amide bonds. The first-order valence-electron chi connectivity index (χ1n) is 6.59. The summed E-state index contributed by atoms with van der Waals surface area (Å²) in [4.78, 5) is 25.2. The van der Waals surface area contributed by atoms with E-state index in [9.17, 15) is 14.7 Å². The molecule has 20 heavy (non-hydrogen) atoms. The average Bonchev–Trinajstić information content (AvgIpc) is 2.86. The van der Waals surface area contributed by atoms with Crippen LogP contribution in [0.3, 0.4) is 0 Å². The quantitative estimate of drug-likeness (QED) is 0.872. The van der Waals surface area contributed by atoms with Crippen LogP contribution in [0.5, 0.6) is 0 Å². The van der Waals surface area contributed by atoms with Crippen LogP contribution in [0.4, 0.5) is 0 Å². The number of ether oxygens (including phenoxy) is 1. The van der Waals surface area contributed by atoms with Gasteiger partial charge in [0.25, 0.3) is 5.91 Å². The highest BCUT2D eigenvalue weighted by Gasteiger charge is 2.36. The van der Waals surface area contributed by atoms with Gasteiger partial charge in [0, 0.05) is 32.5 Å². The number of rotatable bonds is 4. The normalized spacial score (nSPS) is 20.7. The van der Waals surface area contributed by atoms with Crippen LogP contribution in [0.25, 0.3) is 0 Å². The van der Waals surface area contributed by atoms with E-state index in [4.69, 9.17) is 4.74 Å². The average molecular weight is 281 g/mol. The second-order valence-corrected chi connectivity index (χ2v) is 4.94. The summed E-state index contributed by atoms with van der Waals surface area (Å²) < 4.78 is 6.84. The fourth-order valence-electron chi connectivity index (χ4n) is 2.56. The largest absolute Gasteiger partial charge is 0.480 e. The van der Waals surface area contributed by atoms with Crippen molar-refractivity contribution >= 4 is 11.9 Å². The van der Waals surface area contributed by atoms with Crippen LogP contribution in [-0.4, -0.2) is 51.4 Å². The lowest BCUT2D eigenvalue weighted by Crippen LogP contribution is -2.49. The molecule has 1 N–H and O–H groups in total. The van der Waals surface area contributed by atoms with Gasteiger partial charge in [-0.1, -0.05) is 0 Å². The minimum absolute atomic E-state index is 0.312. The molecular weight excluding hydrogens is 262 g/mol. The molecule has 2 unspecified atom stereocenters. The molecule has 0 aliphatic carbocycles. The number of piperidine rings is 1. The minimum atomic E-state index is -0.959. The third-order valence-corrected chi connectivity index (χ3v) is 3.56. The number of carboxylic acids is 1. The van der Waals surface area contributed by atoms with Crippen LogP contribution >= 0.6 is 0 Å². The van der Waals surface area contributed by atoms with E-state index in [0.717, 1.165) is 12.8 Å². The summed E-state index contributed by atoms with van der Waals surface area (Å²) in [6.45, 7) is 0.454. The minimum Gasteiger partial charge on any atom is -0.480 e. The Kier molecular flexibility index (Phi) is 4.39. The SMILES string of the molecule is COC(C(=O)N1CCCCC1C(=O)O)c1cnn(C)c1. The number of carbonyl (C=O) groups is 2. The zero-order valence-corrected chi connectivity index (χ0v) is 11.7. The molecule has 7 heteroatoms. The zero-order chi connectivity index (χ0) is 14.7. The summed E-state index contributed by atoms with van der Waals surface area (Å²) in [7, 11) is 3.19. The van der Waals surface area contributed by atoms with Crippen molar-refractivity contribution in [3.05, 3.63) is 18.0 Å². The Morgan fingerprint density at radius 3 is 2.80 bits per heavy atom. The first kappa shape index (κ1) is 14.5. The number of amides is 1. The first-order chi connectivity index (χ1) is 9.54. The van der Waals surface area contributed by atoms with Gasteiger partial charge in [-0.2, -0.15) is 5.10 Å². The van der Waals surface area contributed by atoms with Crippen molar-refractivity contribution in [2.24, 2.45) is 7.05 Å². The van der Waals surface area contributed by atoms with Crippen LogP contribution in [0.2, 0.25) is 0 Å². The third-order valence-electron chi connectivity index (χ3n) is 3.56. The molecule has 0 radical (unpaired) electrons. The number of aryl methyl sites for hydroxylation is 1. The lowest BCUT2D eigenvalue weighted by Gasteiger charge is -2.34. The van der Waals surface area contributed by atoms with Gasteiger partial charge >= 0.3 is 5.97 Å². The molecule has 2 heterocycles. The second-order valence-electron chi connectivity index (χ2n) is 4.94. The number of likely N-dealkylation sites (tertiary alicyclic amines) is 1.